The van der Waals surface area contributed by atoms with E-state index in [1.54, 1.807) is 6.07 Å². The predicted octanol–water partition coefficient (Wildman–Crippen LogP) is 2.78. The summed E-state index contributed by atoms with van der Waals surface area (Å²) in [6.45, 7) is 0. The maximum Gasteiger partial charge on any atom is 0.124 e. The number of aromatic nitrogens is 1. The number of nitrogen functional groups attached to an aromatic ring is 1. The van der Waals surface area contributed by atoms with Crippen LogP contribution in [0.3, 0.4) is 0 Å². The molecule has 0 amide bonds. The number of benzene rings is 1. The van der Waals surface area contributed by atoms with Gasteiger partial charge < -0.3 is 5.73 Å². The Labute approximate surface area is 87.4 Å². The number of hydrogen-bond donors (Lipinski definition) is 1. The van der Waals surface area contributed by atoms with Gasteiger partial charge in [-0.1, -0.05) is 23.7 Å². The van der Waals surface area contributed by atoms with Crippen molar-refractivity contribution in [1.82, 2.24) is 4.98 Å². The van der Waals surface area contributed by atoms with Crippen molar-refractivity contribution < 1.29 is 0 Å². The number of pyridine rings is 1. The lowest BCUT2D eigenvalue weighted by Gasteiger charge is -2.00. The second kappa shape index (κ2) is 3.68. The molecule has 0 aliphatic rings. The van der Waals surface area contributed by atoms with Crippen molar-refractivity contribution >= 4 is 17.4 Å². The fourth-order valence-corrected chi connectivity index (χ4v) is 1.28. The molecule has 1 heterocycles. The molecule has 2 aromatic rings. The monoisotopic (exact) mass is 203 g/mol. The molecule has 2 N–H and O–H groups in total. The van der Waals surface area contributed by atoms with Crippen LogP contribution < -0.4 is 5.73 Å². The van der Waals surface area contributed by atoms with Crippen molar-refractivity contribution in [2.75, 3.05) is 5.73 Å². The van der Waals surface area contributed by atoms with E-state index in [9.17, 15) is 0 Å². The summed E-state index contributed by atoms with van der Waals surface area (Å²) in [7, 11) is 0. The third kappa shape index (κ3) is 1.86. The third-order valence-electron chi connectivity index (χ3n) is 1.88. The second-order valence-electron chi connectivity index (χ2n) is 2.90. The lowest BCUT2D eigenvalue weighted by molar-refractivity contribution is 1.32. The van der Waals surface area contributed by atoms with Gasteiger partial charge in [0, 0.05) is 10.6 Å². The average Bonchev–Trinajstić information content (AvgIpc) is 2.21. The van der Waals surface area contributed by atoms with E-state index in [1.165, 1.54) is 0 Å². The minimum Gasteiger partial charge on any atom is -0.384 e. The Morgan fingerprint density at radius 1 is 1.07 bits per heavy atom. The molecule has 2 nitrogen and oxygen atoms in total. The van der Waals surface area contributed by atoms with Crippen LogP contribution in [0.1, 0.15) is 0 Å². The van der Waals surface area contributed by atoms with Crippen LogP contribution in [0, 0.1) is 6.20 Å². The topological polar surface area (TPSA) is 38.9 Å². The van der Waals surface area contributed by atoms with Crippen molar-refractivity contribution in [2.45, 2.75) is 0 Å². The van der Waals surface area contributed by atoms with Crippen molar-refractivity contribution in [3.8, 4) is 11.1 Å². The highest BCUT2D eigenvalue weighted by Crippen LogP contribution is 2.20. The van der Waals surface area contributed by atoms with Crippen LogP contribution in [-0.4, -0.2) is 4.98 Å². The van der Waals surface area contributed by atoms with Crippen LogP contribution in [0.15, 0.2) is 36.4 Å². The van der Waals surface area contributed by atoms with E-state index in [0.29, 0.717) is 5.82 Å². The fraction of sp³-hybridized carbons (Fsp3) is 0. The van der Waals surface area contributed by atoms with Crippen molar-refractivity contribution in [2.24, 2.45) is 0 Å². The lowest BCUT2D eigenvalue weighted by atomic mass is 10.1. The Morgan fingerprint density at radius 2 is 1.79 bits per heavy atom. The molecule has 3 heteroatoms. The van der Waals surface area contributed by atoms with E-state index < -0.39 is 0 Å². The number of nitrogens with two attached hydrogens (primary N) is 1. The first-order valence-corrected chi connectivity index (χ1v) is 4.53. The first-order valence-electron chi connectivity index (χ1n) is 4.16. The minimum absolute atomic E-state index is 0.475. The van der Waals surface area contributed by atoms with Crippen molar-refractivity contribution in [1.29, 1.82) is 0 Å². The number of nitrogens with zero attached hydrogens (tertiary/aromatic N) is 1. The standard InChI is InChI=1S/C11H8ClN2/c12-10-4-1-8(2-5-10)9-3-6-11(13)14-7-9/h1-6H,(H2,13,14). The van der Waals surface area contributed by atoms with Gasteiger partial charge in [-0.15, -0.1) is 0 Å². The van der Waals surface area contributed by atoms with E-state index in [2.05, 4.69) is 11.2 Å². The van der Waals surface area contributed by atoms with E-state index in [-0.39, 0.29) is 0 Å². The molecular weight excluding hydrogens is 196 g/mol. The molecule has 1 aromatic heterocycles. The van der Waals surface area contributed by atoms with Gasteiger partial charge in [0.25, 0.3) is 0 Å². The molecule has 1 radical (unpaired) electrons. The van der Waals surface area contributed by atoms with E-state index in [0.717, 1.165) is 16.1 Å². The molecule has 0 fully saturated rings. The fourth-order valence-electron chi connectivity index (χ4n) is 1.16. The summed E-state index contributed by atoms with van der Waals surface area (Å²) < 4.78 is 0. The van der Waals surface area contributed by atoms with Crippen molar-refractivity contribution in [3.05, 3.63) is 47.6 Å². The maximum atomic E-state index is 5.78. The van der Waals surface area contributed by atoms with Gasteiger partial charge >= 0.3 is 0 Å². The Kier molecular flexibility index (Phi) is 2.37. The molecule has 69 valence electrons. The van der Waals surface area contributed by atoms with Crippen LogP contribution >= 0.6 is 11.6 Å². The highest BCUT2D eigenvalue weighted by atomic mass is 35.5. The van der Waals surface area contributed by atoms with E-state index >= 15 is 0 Å². The zero-order chi connectivity index (χ0) is 9.97. The molecule has 0 atom stereocenters. The van der Waals surface area contributed by atoms with Crippen LogP contribution in [0.5, 0.6) is 0 Å². The molecule has 0 aliphatic carbocycles. The lowest BCUT2D eigenvalue weighted by Crippen LogP contribution is -1.89. The summed E-state index contributed by atoms with van der Waals surface area (Å²) in [4.78, 5) is 3.90. The Balaban J connectivity index is 2.40. The average molecular weight is 204 g/mol. The van der Waals surface area contributed by atoms with Gasteiger partial charge in [0.1, 0.15) is 5.82 Å². The summed E-state index contributed by atoms with van der Waals surface area (Å²) in [6, 6.07) is 11.1. The van der Waals surface area contributed by atoms with Gasteiger partial charge in [-0.3, -0.25) is 0 Å². The van der Waals surface area contributed by atoms with Crippen LogP contribution in [0.2, 0.25) is 5.02 Å². The molecule has 1 aromatic carbocycles. The van der Waals surface area contributed by atoms with Crippen LogP contribution in [0.25, 0.3) is 11.1 Å². The SMILES string of the molecule is Nc1ccc(-c2ccc(Cl)cc2)[c]n1. The molecule has 0 spiro atoms. The van der Waals surface area contributed by atoms with Gasteiger partial charge in [0.2, 0.25) is 0 Å². The Bertz CT molecular complexity index is 377. The highest BCUT2D eigenvalue weighted by Gasteiger charge is 1.97. The summed E-state index contributed by atoms with van der Waals surface area (Å²) in [5.74, 6) is 0.475. The maximum absolute atomic E-state index is 5.78. The van der Waals surface area contributed by atoms with Gasteiger partial charge in [-0.2, -0.15) is 0 Å². The van der Waals surface area contributed by atoms with Crippen LogP contribution in [-0.2, 0) is 0 Å². The van der Waals surface area contributed by atoms with E-state index in [1.807, 2.05) is 30.3 Å². The van der Waals surface area contributed by atoms with E-state index in [4.69, 9.17) is 17.3 Å². The smallest absolute Gasteiger partial charge is 0.124 e. The predicted molar refractivity (Wildman–Crippen MR) is 57.9 cm³/mol. The molecule has 2 rings (SSSR count). The Hall–Kier alpha value is -1.54. The zero-order valence-corrected chi connectivity index (χ0v) is 8.12. The van der Waals surface area contributed by atoms with Crippen molar-refractivity contribution in [3.63, 3.8) is 0 Å². The first kappa shape index (κ1) is 9.03. The molecule has 0 aliphatic heterocycles. The first-order chi connectivity index (χ1) is 6.75. The van der Waals surface area contributed by atoms with Crippen LogP contribution in [0.4, 0.5) is 5.82 Å². The third-order valence-corrected chi connectivity index (χ3v) is 2.13. The molecule has 0 bridgehead atoms. The zero-order valence-electron chi connectivity index (χ0n) is 7.37. The normalized spacial score (nSPS) is 10.1. The Morgan fingerprint density at radius 3 is 2.36 bits per heavy atom. The molecule has 0 saturated heterocycles. The van der Waals surface area contributed by atoms with Gasteiger partial charge in [0.05, 0.1) is 6.20 Å². The second-order valence-corrected chi connectivity index (χ2v) is 3.34. The van der Waals surface area contributed by atoms with Gasteiger partial charge in [-0.05, 0) is 29.8 Å². The molecule has 14 heavy (non-hydrogen) atoms. The summed E-state index contributed by atoms with van der Waals surface area (Å²) in [5, 5.41) is 0.720. The summed E-state index contributed by atoms with van der Waals surface area (Å²) in [6.07, 6.45) is 2.85. The molecular formula is C11H8ClN2. The summed E-state index contributed by atoms with van der Waals surface area (Å²) >= 11 is 5.78. The number of anilines is 1. The van der Waals surface area contributed by atoms with Gasteiger partial charge in [0.15, 0.2) is 0 Å². The number of hydrogen-bond acceptors (Lipinski definition) is 2. The quantitative estimate of drug-likeness (QED) is 0.774. The minimum atomic E-state index is 0.475. The number of rotatable bonds is 1. The molecule has 0 saturated carbocycles. The summed E-state index contributed by atoms with van der Waals surface area (Å²) in [5.41, 5.74) is 7.41. The van der Waals surface area contributed by atoms with Gasteiger partial charge in [-0.25, -0.2) is 4.98 Å². The number of halogens is 1. The molecule has 0 unspecified atom stereocenters. The largest absolute Gasteiger partial charge is 0.384 e. The highest BCUT2D eigenvalue weighted by molar-refractivity contribution is 6.30.